The standard InChI is InChI=1S/C15H19N3S/c1-3-18-9-8-17-15(18)14(16-2)12-10-19-13-7-5-4-6-11(12)13/h4-9,12,14,16H,3,10H2,1-2H3. The van der Waals surface area contributed by atoms with E-state index in [1.807, 2.05) is 25.0 Å². The van der Waals surface area contributed by atoms with Crippen molar-refractivity contribution >= 4 is 11.8 Å². The van der Waals surface area contributed by atoms with Gasteiger partial charge in [0.2, 0.25) is 0 Å². The molecule has 2 aromatic rings. The van der Waals surface area contributed by atoms with E-state index in [2.05, 4.69) is 52.3 Å². The van der Waals surface area contributed by atoms with Crippen molar-refractivity contribution in [1.82, 2.24) is 14.9 Å². The Kier molecular flexibility index (Phi) is 3.62. The van der Waals surface area contributed by atoms with Crippen molar-refractivity contribution in [3.63, 3.8) is 0 Å². The van der Waals surface area contributed by atoms with Gasteiger partial charge in [0.05, 0.1) is 6.04 Å². The van der Waals surface area contributed by atoms with Crippen molar-refractivity contribution in [3.05, 3.63) is 48.0 Å². The molecule has 1 aromatic carbocycles. The zero-order valence-corrected chi connectivity index (χ0v) is 12.2. The van der Waals surface area contributed by atoms with Gasteiger partial charge in [-0.2, -0.15) is 0 Å². The second-order valence-corrected chi connectivity index (χ2v) is 5.85. The summed E-state index contributed by atoms with van der Waals surface area (Å²) >= 11 is 1.95. The van der Waals surface area contributed by atoms with Gasteiger partial charge in [-0.3, -0.25) is 0 Å². The molecular weight excluding hydrogens is 254 g/mol. The highest BCUT2D eigenvalue weighted by atomic mass is 32.2. The molecule has 1 aliphatic heterocycles. The minimum Gasteiger partial charge on any atom is -0.334 e. The summed E-state index contributed by atoms with van der Waals surface area (Å²) in [6.07, 6.45) is 3.96. The number of fused-ring (bicyclic) bond motifs is 1. The summed E-state index contributed by atoms with van der Waals surface area (Å²) in [6, 6.07) is 9.01. The summed E-state index contributed by atoms with van der Waals surface area (Å²) in [5.41, 5.74) is 1.46. The number of thioether (sulfide) groups is 1. The number of aryl methyl sites for hydroxylation is 1. The molecule has 0 fully saturated rings. The second kappa shape index (κ2) is 5.39. The maximum absolute atomic E-state index is 4.57. The van der Waals surface area contributed by atoms with Crippen LogP contribution in [0.5, 0.6) is 0 Å². The Morgan fingerprint density at radius 2 is 2.32 bits per heavy atom. The number of hydrogen-bond acceptors (Lipinski definition) is 3. The first-order chi connectivity index (χ1) is 9.35. The van der Waals surface area contributed by atoms with Gasteiger partial charge in [0.25, 0.3) is 0 Å². The van der Waals surface area contributed by atoms with Crippen molar-refractivity contribution < 1.29 is 0 Å². The predicted octanol–water partition coefficient (Wildman–Crippen LogP) is 3.05. The fraction of sp³-hybridized carbons (Fsp3) is 0.400. The molecule has 0 amide bonds. The highest BCUT2D eigenvalue weighted by molar-refractivity contribution is 7.99. The number of aromatic nitrogens is 2. The molecule has 0 saturated carbocycles. The lowest BCUT2D eigenvalue weighted by Gasteiger charge is -2.23. The molecule has 1 N–H and O–H groups in total. The van der Waals surface area contributed by atoms with Gasteiger partial charge in [0.15, 0.2) is 0 Å². The first-order valence-electron chi connectivity index (χ1n) is 6.75. The van der Waals surface area contributed by atoms with E-state index in [4.69, 9.17) is 0 Å². The number of likely N-dealkylation sites (N-methyl/N-ethyl adjacent to an activating group) is 1. The lowest BCUT2D eigenvalue weighted by atomic mass is 9.93. The van der Waals surface area contributed by atoms with Crippen molar-refractivity contribution in [3.8, 4) is 0 Å². The molecule has 0 aliphatic carbocycles. The lowest BCUT2D eigenvalue weighted by Crippen LogP contribution is -2.27. The first-order valence-corrected chi connectivity index (χ1v) is 7.73. The average molecular weight is 273 g/mol. The molecule has 2 heterocycles. The predicted molar refractivity (Wildman–Crippen MR) is 79.6 cm³/mol. The first kappa shape index (κ1) is 12.8. The van der Waals surface area contributed by atoms with E-state index in [1.54, 1.807) is 0 Å². The summed E-state index contributed by atoms with van der Waals surface area (Å²) in [5.74, 6) is 2.77. The van der Waals surface area contributed by atoms with Crippen LogP contribution in [0.3, 0.4) is 0 Å². The Morgan fingerprint density at radius 3 is 3.11 bits per heavy atom. The lowest BCUT2D eigenvalue weighted by molar-refractivity contribution is 0.466. The van der Waals surface area contributed by atoms with Crippen molar-refractivity contribution in [2.45, 2.75) is 30.3 Å². The van der Waals surface area contributed by atoms with Gasteiger partial charge in [-0.15, -0.1) is 11.8 Å². The Morgan fingerprint density at radius 1 is 1.47 bits per heavy atom. The van der Waals surface area contributed by atoms with E-state index in [1.165, 1.54) is 10.5 Å². The molecule has 1 aliphatic rings. The summed E-state index contributed by atoms with van der Waals surface area (Å²) in [4.78, 5) is 5.99. The Labute approximate surface area is 118 Å². The smallest absolute Gasteiger partial charge is 0.126 e. The molecule has 19 heavy (non-hydrogen) atoms. The third-order valence-electron chi connectivity index (χ3n) is 3.82. The van der Waals surface area contributed by atoms with Crippen LogP contribution in [0.25, 0.3) is 0 Å². The number of benzene rings is 1. The van der Waals surface area contributed by atoms with Crippen LogP contribution < -0.4 is 5.32 Å². The van der Waals surface area contributed by atoms with Crippen LogP contribution >= 0.6 is 11.8 Å². The molecule has 0 radical (unpaired) electrons. The highest BCUT2D eigenvalue weighted by Gasteiger charge is 2.32. The molecule has 4 heteroatoms. The largest absolute Gasteiger partial charge is 0.334 e. The Bertz CT molecular complexity index is 564. The molecule has 0 bridgehead atoms. The van der Waals surface area contributed by atoms with Gasteiger partial charge in [0.1, 0.15) is 5.82 Å². The second-order valence-electron chi connectivity index (χ2n) is 4.79. The Hall–Kier alpha value is -1.26. The molecule has 100 valence electrons. The van der Waals surface area contributed by atoms with E-state index in [0.717, 1.165) is 18.1 Å². The number of nitrogens with one attached hydrogen (secondary N) is 1. The van der Waals surface area contributed by atoms with Gasteiger partial charge >= 0.3 is 0 Å². The molecule has 2 unspecified atom stereocenters. The zero-order chi connectivity index (χ0) is 13.2. The number of hydrogen-bond donors (Lipinski definition) is 1. The van der Waals surface area contributed by atoms with Crippen molar-refractivity contribution in [1.29, 1.82) is 0 Å². The van der Waals surface area contributed by atoms with E-state index in [9.17, 15) is 0 Å². The molecule has 0 spiro atoms. The highest BCUT2D eigenvalue weighted by Crippen LogP contribution is 2.44. The van der Waals surface area contributed by atoms with E-state index in [0.29, 0.717) is 5.92 Å². The van der Waals surface area contributed by atoms with Crippen LogP contribution in [-0.4, -0.2) is 22.4 Å². The number of nitrogens with zero attached hydrogens (tertiary/aromatic N) is 2. The molecule has 3 nitrogen and oxygen atoms in total. The third kappa shape index (κ3) is 2.19. The monoisotopic (exact) mass is 273 g/mol. The van der Waals surface area contributed by atoms with Gasteiger partial charge in [-0.05, 0) is 25.6 Å². The van der Waals surface area contributed by atoms with Crippen LogP contribution in [0.4, 0.5) is 0 Å². The number of imidazole rings is 1. The average Bonchev–Trinajstić information content (AvgIpc) is 3.07. The van der Waals surface area contributed by atoms with E-state index < -0.39 is 0 Å². The maximum atomic E-state index is 4.57. The van der Waals surface area contributed by atoms with Gasteiger partial charge in [0, 0.05) is 35.5 Å². The van der Waals surface area contributed by atoms with Gasteiger partial charge in [-0.1, -0.05) is 18.2 Å². The Balaban J connectivity index is 1.97. The molecule has 0 saturated heterocycles. The number of rotatable bonds is 4. The third-order valence-corrected chi connectivity index (χ3v) is 5.03. The van der Waals surface area contributed by atoms with Crippen LogP contribution in [-0.2, 0) is 6.54 Å². The topological polar surface area (TPSA) is 29.9 Å². The van der Waals surface area contributed by atoms with Crippen LogP contribution in [0.1, 0.15) is 30.3 Å². The summed E-state index contributed by atoms with van der Waals surface area (Å²) in [6.45, 7) is 3.13. The van der Waals surface area contributed by atoms with Crippen molar-refractivity contribution in [2.24, 2.45) is 0 Å². The SMILES string of the molecule is CCn1ccnc1C(NC)C1CSc2ccccc21. The molecule has 1 aromatic heterocycles. The van der Waals surface area contributed by atoms with Crippen molar-refractivity contribution in [2.75, 3.05) is 12.8 Å². The molecule has 3 rings (SSSR count). The fourth-order valence-electron chi connectivity index (χ4n) is 2.84. The quantitative estimate of drug-likeness (QED) is 0.928. The molecule has 2 atom stereocenters. The summed E-state index contributed by atoms with van der Waals surface area (Å²) in [5, 5.41) is 3.47. The maximum Gasteiger partial charge on any atom is 0.126 e. The van der Waals surface area contributed by atoms with Gasteiger partial charge < -0.3 is 9.88 Å². The van der Waals surface area contributed by atoms with Crippen LogP contribution in [0.2, 0.25) is 0 Å². The minimum absolute atomic E-state index is 0.283. The van der Waals surface area contributed by atoms with Crippen LogP contribution in [0, 0.1) is 0 Å². The minimum atomic E-state index is 0.283. The zero-order valence-electron chi connectivity index (χ0n) is 11.3. The normalized spacial score (nSPS) is 19.4. The summed E-state index contributed by atoms with van der Waals surface area (Å²) in [7, 11) is 2.03. The summed E-state index contributed by atoms with van der Waals surface area (Å²) < 4.78 is 2.23. The van der Waals surface area contributed by atoms with E-state index in [-0.39, 0.29) is 6.04 Å². The van der Waals surface area contributed by atoms with E-state index >= 15 is 0 Å². The van der Waals surface area contributed by atoms with Crippen LogP contribution in [0.15, 0.2) is 41.6 Å². The molecular formula is C15H19N3S. The fourth-order valence-corrected chi connectivity index (χ4v) is 4.13. The van der Waals surface area contributed by atoms with Gasteiger partial charge in [-0.25, -0.2) is 4.98 Å².